The van der Waals surface area contributed by atoms with E-state index in [1.165, 1.54) is 0 Å². The molecule has 0 aliphatic heterocycles. The van der Waals surface area contributed by atoms with Crippen LogP contribution in [0.5, 0.6) is 0 Å². The second-order valence-corrected chi connectivity index (χ2v) is 1.12. The van der Waals surface area contributed by atoms with E-state index in [-0.39, 0.29) is 5.71 Å². The summed E-state index contributed by atoms with van der Waals surface area (Å²) >= 11 is 0. The van der Waals surface area contributed by atoms with Crippen LogP contribution in [0.1, 0.15) is 6.92 Å². The summed E-state index contributed by atoms with van der Waals surface area (Å²) in [6.07, 6.45) is 0.343. The fraction of sp³-hybridized carbons (Fsp3) is 0.400. The molecule has 0 aromatic rings. The van der Waals surface area contributed by atoms with E-state index in [0.29, 0.717) is 12.9 Å². The molecule has 0 rings (SSSR count). The molecule has 0 aliphatic rings. The van der Waals surface area contributed by atoms with Crippen molar-refractivity contribution in [1.29, 1.82) is 5.26 Å². The highest BCUT2D eigenvalue weighted by atomic mass is 16.6. The normalized spacial score (nSPS) is 10.0. The van der Waals surface area contributed by atoms with Crippen LogP contribution in [0.2, 0.25) is 0 Å². The summed E-state index contributed by atoms with van der Waals surface area (Å²) in [5.74, 6) is 0. The van der Waals surface area contributed by atoms with Gasteiger partial charge in [-0.3, -0.25) is 4.79 Å². The molecule has 48 valence electrons. The molecule has 0 aromatic heterocycles. The van der Waals surface area contributed by atoms with Gasteiger partial charge in [0.25, 0.3) is 0 Å². The van der Waals surface area contributed by atoms with Gasteiger partial charge in [-0.25, -0.2) is 0 Å². The maximum atomic E-state index is 9.81. The van der Waals surface area contributed by atoms with Gasteiger partial charge < -0.3 is 4.84 Å². The number of hydrogen-bond acceptors (Lipinski definition) is 4. The second-order valence-electron chi connectivity index (χ2n) is 1.12. The van der Waals surface area contributed by atoms with Crippen molar-refractivity contribution >= 4 is 12.0 Å². The molecule has 4 heteroatoms. The molecule has 0 fully saturated rings. The zero-order valence-electron chi connectivity index (χ0n) is 5.00. The number of aldehydes is 1. The first-order valence-electron chi connectivity index (χ1n) is 2.40. The Balaban J connectivity index is 3.80. The van der Waals surface area contributed by atoms with Crippen LogP contribution in [0.15, 0.2) is 5.16 Å². The lowest BCUT2D eigenvalue weighted by atomic mass is 10.5. The smallest absolute Gasteiger partial charge is 0.219 e. The third kappa shape index (κ3) is 3.23. The average Bonchev–Trinajstić information content (AvgIpc) is 1.91. The summed E-state index contributed by atoms with van der Waals surface area (Å²) in [5.41, 5.74) is -0.239. The molecule has 0 saturated heterocycles. The monoisotopic (exact) mass is 126 g/mol. The van der Waals surface area contributed by atoms with Crippen LogP contribution < -0.4 is 0 Å². The Hall–Kier alpha value is -1.37. The molecule has 9 heavy (non-hydrogen) atoms. The van der Waals surface area contributed by atoms with Crippen LogP contribution in [-0.4, -0.2) is 18.6 Å². The number of carbonyl (C=O) groups is 1. The van der Waals surface area contributed by atoms with Crippen molar-refractivity contribution in [2.75, 3.05) is 6.61 Å². The lowest BCUT2D eigenvalue weighted by molar-refractivity contribution is -0.102. The van der Waals surface area contributed by atoms with Crippen LogP contribution >= 0.6 is 0 Å². The van der Waals surface area contributed by atoms with Gasteiger partial charge in [0.2, 0.25) is 5.71 Å². The van der Waals surface area contributed by atoms with Crippen molar-refractivity contribution in [2.45, 2.75) is 6.92 Å². The van der Waals surface area contributed by atoms with Crippen molar-refractivity contribution in [2.24, 2.45) is 5.16 Å². The molecule has 0 aliphatic carbocycles. The second kappa shape index (κ2) is 4.78. The van der Waals surface area contributed by atoms with Gasteiger partial charge in [-0.2, -0.15) is 5.26 Å². The Labute approximate surface area is 52.7 Å². The van der Waals surface area contributed by atoms with E-state index in [1.54, 1.807) is 13.0 Å². The van der Waals surface area contributed by atoms with E-state index < -0.39 is 0 Å². The molecular formula is C5H6N2O2. The molecule has 0 unspecified atom stereocenters. The van der Waals surface area contributed by atoms with Gasteiger partial charge in [0.05, 0.1) is 0 Å². The van der Waals surface area contributed by atoms with Crippen LogP contribution in [0, 0.1) is 11.3 Å². The number of hydrogen-bond donors (Lipinski definition) is 0. The quantitative estimate of drug-likeness (QED) is 0.306. The third-order valence-electron chi connectivity index (χ3n) is 0.518. The highest BCUT2D eigenvalue weighted by Gasteiger charge is 1.90. The van der Waals surface area contributed by atoms with Gasteiger partial charge in [-0.15, -0.1) is 0 Å². The number of nitriles is 1. The maximum Gasteiger partial charge on any atom is 0.219 e. The zero-order chi connectivity index (χ0) is 7.11. The number of nitrogens with zero attached hydrogens (tertiary/aromatic N) is 2. The van der Waals surface area contributed by atoms with E-state index in [4.69, 9.17) is 5.26 Å². The van der Waals surface area contributed by atoms with Crippen molar-refractivity contribution in [3.8, 4) is 6.07 Å². The van der Waals surface area contributed by atoms with Crippen molar-refractivity contribution < 1.29 is 9.63 Å². The fourth-order valence-corrected chi connectivity index (χ4v) is 0.202. The van der Waals surface area contributed by atoms with Crippen LogP contribution in [0.3, 0.4) is 0 Å². The van der Waals surface area contributed by atoms with Crippen molar-refractivity contribution in [3.63, 3.8) is 0 Å². The van der Waals surface area contributed by atoms with Crippen LogP contribution in [0.4, 0.5) is 0 Å². The van der Waals surface area contributed by atoms with E-state index in [0.717, 1.165) is 0 Å². The summed E-state index contributed by atoms with van der Waals surface area (Å²) < 4.78 is 0. The maximum absolute atomic E-state index is 9.81. The Morgan fingerprint density at radius 1 is 2.00 bits per heavy atom. The molecule has 0 heterocycles. The Bertz CT molecular complexity index is 157. The van der Waals surface area contributed by atoms with E-state index in [2.05, 4.69) is 9.99 Å². The lowest BCUT2D eigenvalue weighted by Gasteiger charge is -1.87. The van der Waals surface area contributed by atoms with E-state index >= 15 is 0 Å². The topological polar surface area (TPSA) is 62.4 Å². The highest BCUT2D eigenvalue weighted by molar-refractivity contribution is 6.35. The molecule has 0 amide bonds. The number of carbonyl (C=O) groups excluding carboxylic acids is 1. The summed E-state index contributed by atoms with van der Waals surface area (Å²) in [7, 11) is 0. The first-order valence-corrected chi connectivity index (χ1v) is 2.40. The van der Waals surface area contributed by atoms with Gasteiger partial charge in [0.1, 0.15) is 12.7 Å². The molecule has 0 bridgehead atoms. The molecule has 0 N–H and O–H groups in total. The van der Waals surface area contributed by atoms with Gasteiger partial charge in [-0.05, 0) is 6.92 Å². The molecule has 0 spiro atoms. The molecule has 0 atom stereocenters. The summed E-state index contributed by atoms with van der Waals surface area (Å²) in [4.78, 5) is 14.2. The number of oxime groups is 1. The van der Waals surface area contributed by atoms with Gasteiger partial charge >= 0.3 is 0 Å². The first kappa shape index (κ1) is 7.63. The Kier molecular flexibility index (Phi) is 4.05. The lowest BCUT2D eigenvalue weighted by Crippen LogP contribution is -1.96. The number of rotatable bonds is 3. The predicted molar refractivity (Wildman–Crippen MR) is 30.7 cm³/mol. The Morgan fingerprint density at radius 2 is 2.67 bits per heavy atom. The van der Waals surface area contributed by atoms with Crippen LogP contribution in [-0.2, 0) is 9.63 Å². The fourth-order valence-electron chi connectivity index (χ4n) is 0.202. The Morgan fingerprint density at radius 3 is 3.00 bits per heavy atom. The molecule has 0 radical (unpaired) electrons. The minimum Gasteiger partial charge on any atom is -0.395 e. The summed E-state index contributed by atoms with van der Waals surface area (Å²) in [6, 6.07) is 1.54. The predicted octanol–water partition coefficient (Wildman–Crippen LogP) is 0.101. The van der Waals surface area contributed by atoms with Gasteiger partial charge in [-0.1, -0.05) is 5.16 Å². The molecule has 0 saturated carbocycles. The standard InChI is InChI=1S/C5H6N2O2/c1-2-9-7-5(3-6)4-8/h4H,2H2,1H3. The SMILES string of the molecule is CCON=C(C#N)C=O. The van der Waals surface area contributed by atoms with Crippen LogP contribution in [0.25, 0.3) is 0 Å². The zero-order valence-corrected chi connectivity index (χ0v) is 5.00. The van der Waals surface area contributed by atoms with Gasteiger partial charge in [0.15, 0.2) is 6.29 Å². The van der Waals surface area contributed by atoms with Gasteiger partial charge in [0, 0.05) is 0 Å². The first-order chi connectivity index (χ1) is 4.35. The molecular weight excluding hydrogens is 120 g/mol. The molecule has 4 nitrogen and oxygen atoms in total. The summed E-state index contributed by atoms with van der Waals surface area (Å²) in [5, 5.41) is 11.2. The van der Waals surface area contributed by atoms with Crippen molar-refractivity contribution in [3.05, 3.63) is 0 Å². The van der Waals surface area contributed by atoms with E-state index in [9.17, 15) is 4.79 Å². The van der Waals surface area contributed by atoms with Crippen molar-refractivity contribution in [1.82, 2.24) is 0 Å². The minimum absolute atomic E-state index is 0.239. The minimum atomic E-state index is -0.239. The third-order valence-corrected chi connectivity index (χ3v) is 0.518. The summed E-state index contributed by atoms with van der Waals surface area (Å²) in [6.45, 7) is 2.07. The largest absolute Gasteiger partial charge is 0.395 e. The van der Waals surface area contributed by atoms with E-state index in [1.807, 2.05) is 0 Å². The molecule has 0 aromatic carbocycles. The highest BCUT2D eigenvalue weighted by Crippen LogP contribution is 1.75. The average molecular weight is 126 g/mol.